The summed E-state index contributed by atoms with van der Waals surface area (Å²) in [6.07, 6.45) is 2.42. The number of rotatable bonds is 0. The standard InChI is InChI=1S/C9H12N2O/c1-7-6-9-8(10(7)2)4-3-5-11(9)12/h3-5,7H,6H2,1-2H3. The van der Waals surface area contributed by atoms with E-state index >= 15 is 0 Å². The number of aromatic nitrogens is 1. The number of anilines is 1. The number of likely N-dealkylation sites (N-methyl/N-ethyl adjacent to an activating group) is 1. The van der Waals surface area contributed by atoms with Crippen LogP contribution in [0.4, 0.5) is 5.69 Å². The third-order valence-corrected chi connectivity index (χ3v) is 2.57. The summed E-state index contributed by atoms with van der Waals surface area (Å²) in [7, 11) is 2.02. The van der Waals surface area contributed by atoms with Gasteiger partial charge in [-0.05, 0) is 13.0 Å². The molecule has 0 saturated carbocycles. The van der Waals surface area contributed by atoms with Crippen LogP contribution in [0, 0.1) is 5.21 Å². The summed E-state index contributed by atoms with van der Waals surface area (Å²) in [6.45, 7) is 2.12. The van der Waals surface area contributed by atoms with Gasteiger partial charge in [-0.3, -0.25) is 0 Å². The molecule has 0 amide bonds. The van der Waals surface area contributed by atoms with Crippen molar-refractivity contribution in [1.29, 1.82) is 0 Å². The van der Waals surface area contributed by atoms with Crippen molar-refractivity contribution in [2.24, 2.45) is 0 Å². The summed E-state index contributed by atoms with van der Waals surface area (Å²) in [5, 5.41) is 11.3. The summed E-state index contributed by atoms with van der Waals surface area (Å²) >= 11 is 0. The Kier molecular flexibility index (Phi) is 1.46. The van der Waals surface area contributed by atoms with Crippen molar-refractivity contribution in [2.75, 3.05) is 11.9 Å². The molecule has 2 rings (SSSR count). The Morgan fingerprint density at radius 2 is 2.42 bits per heavy atom. The van der Waals surface area contributed by atoms with E-state index in [1.807, 2.05) is 13.1 Å². The zero-order chi connectivity index (χ0) is 8.72. The van der Waals surface area contributed by atoms with Crippen LogP contribution in [-0.4, -0.2) is 13.1 Å². The van der Waals surface area contributed by atoms with Gasteiger partial charge in [0.15, 0.2) is 6.20 Å². The zero-order valence-corrected chi connectivity index (χ0v) is 7.32. The van der Waals surface area contributed by atoms with Crippen LogP contribution in [0.5, 0.6) is 0 Å². The van der Waals surface area contributed by atoms with Gasteiger partial charge in [-0.15, -0.1) is 0 Å². The van der Waals surface area contributed by atoms with E-state index < -0.39 is 0 Å². The lowest BCUT2D eigenvalue weighted by atomic mass is 10.2. The first kappa shape index (κ1) is 7.40. The maximum atomic E-state index is 11.3. The molecule has 0 fully saturated rings. The van der Waals surface area contributed by atoms with Gasteiger partial charge < -0.3 is 10.1 Å². The largest absolute Gasteiger partial charge is 0.618 e. The molecule has 1 atom stereocenters. The average molecular weight is 164 g/mol. The minimum absolute atomic E-state index is 0.447. The third-order valence-electron chi connectivity index (χ3n) is 2.57. The summed E-state index contributed by atoms with van der Waals surface area (Å²) in [4.78, 5) is 2.14. The Morgan fingerprint density at radius 1 is 1.67 bits per heavy atom. The van der Waals surface area contributed by atoms with Gasteiger partial charge in [0.1, 0.15) is 5.69 Å². The van der Waals surface area contributed by atoms with Crippen LogP contribution in [0.2, 0.25) is 0 Å². The number of fused-ring (bicyclic) bond motifs is 1. The smallest absolute Gasteiger partial charge is 0.218 e. The molecule has 12 heavy (non-hydrogen) atoms. The quantitative estimate of drug-likeness (QED) is 0.417. The Hall–Kier alpha value is -1.25. The molecule has 0 aromatic carbocycles. The molecule has 0 bridgehead atoms. The highest BCUT2D eigenvalue weighted by Crippen LogP contribution is 2.26. The van der Waals surface area contributed by atoms with Crippen molar-refractivity contribution >= 4 is 5.69 Å². The highest BCUT2D eigenvalue weighted by atomic mass is 16.5. The summed E-state index contributed by atoms with van der Waals surface area (Å²) < 4.78 is 0.968. The molecule has 64 valence electrons. The van der Waals surface area contributed by atoms with Gasteiger partial charge in [0.2, 0.25) is 5.69 Å². The minimum atomic E-state index is 0.447. The highest BCUT2D eigenvalue weighted by molar-refractivity contribution is 5.53. The van der Waals surface area contributed by atoms with E-state index in [1.165, 1.54) is 0 Å². The van der Waals surface area contributed by atoms with E-state index in [1.54, 1.807) is 12.3 Å². The van der Waals surface area contributed by atoms with Crippen molar-refractivity contribution < 1.29 is 4.73 Å². The molecule has 0 radical (unpaired) electrons. The van der Waals surface area contributed by atoms with Crippen LogP contribution < -0.4 is 9.63 Å². The van der Waals surface area contributed by atoms with Gasteiger partial charge in [0.05, 0.1) is 6.42 Å². The van der Waals surface area contributed by atoms with Crippen LogP contribution in [0.3, 0.4) is 0 Å². The van der Waals surface area contributed by atoms with Gasteiger partial charge in [-0.1, -0.05) is 0 Å². The molecule has 0 spiro atoms. The fourth-order valence-corrected chi connectivity index (χ4v) is 1.68. The van der Waals surface area contributed by atoms with Gasteiger partial charge in [-0.25, -0.2) is 0 Å². The molecule has 3 heteroatoms. The van der Waals surface area contributed by atoms with Crippen LogP contribution >= 0.6 is 0 Å². The van der Waals surface area contributed by atoms with Gasteiger partial charge in [0, 0.05) is 19.2 Å². The van der Waals surface area contributed by atoms with Crippen LogP contribution in [0.1, 0.15) is 12.6 Å². The van der Waals surface area contributed by atoms with Crippen LogP contribution in [-0.2, 0) is 6.42 Å². The SMILES string of the molecule is CC1Cc2c(ccc[n+]2[O-])N1C. The van der Waals surface area contributed by atoms with E-state index in [9.17, 15) is 5.21 Å². The van der Waals surface area contributed by atoms with Crippen LogP contribution in [0.15, 0.2) is 18.3 Å². The number of nitrogens with zero attached hydrogens (tertiary/aromatic N) is 2. The Balaban J connectivity index is 2.53. The number of pyridine rings is 1. The molecule has 0 saturated heterocycles. The molecule has 1 aliphatic rings. The second-order valence-electron chi connectivity index (χ2n) is 3.33. The Morgan fingerprint density at radius 3 is 3.08 bits per heavy atom. The molecule has 1 aliphatic heterocycles. The summed E-state index contributed by atoms with van der Waals surface area (Å²) in [5.74, 6) is 0. The maximum Gasteiger partial charge on any atom is 0.218 e. The molecule has 1 aromatic heterocycles. The molecule has 1 unspecified atom stereocenters. The molecule has 1 aromatic rings. The second kappa shape index (κ2) is 2.37. The fraction of sp³-hybridized carbons (Fsp3) is 0.444. The van der Waals surface area contributed by atoms with E-state index in [0.29, 0.717) is 6.04 Å². The predicted molar refractivity (Wildman–Crippen MR) is 47.0 cm³/mol. The van der Waals surface area contributed by atoms with Gasteiger partial charge in [0.25, 0.3) is 0 Å². The lowest BCUT2D eigenvalue weighted by molar-refractivity contribution is -0.612. The maximum absolute atomic E-state index is 11.3. The Bertz CT molecular complexity index is 311. The number of hydrogen-bond donors (Lipinski definition) is 0. The first-order valence-electron chi connectivity index (χ1n) is 4.14. The fourth-order valence-electron chi connectivity index (χ4n) is 1.68. The molecular formula is C9H12N2O. The normalized spacial score (nSPS) is 21.2. The topological polar surface area (TPSA) is 30.2 Å². The van der Waals surface area contributed by atoms with Crippen molar-refractivity contribution in [2.45, 2.75) is 19.4 Å². The van der Waals surface area contributed by atoms with E-state index in [4.69, 9.17) is 0 Å². The van der Waals surface area contributed by atoms with E-state index in [-0.39, 0.29) is 0 Å². The summed E-state index contributed by atoms with van der Waals surface area (Å²) in [6, 6.07) is 4.23. The second-order valence-corrected chi connectivity index (χ2v) is 3.33. The average Bonchev–Trinajstić information content (AvgIpc) is 2.32. The van der Waals surface area contributed by atoms with Crippen LogP contribution in [0.25, 0.3) is 0 Å². The molecule has 0 aliphatic carbocycles. The van der Waals surface area contributed by atoms with Crippen molar-refractivity contribution in [1.82, 2.24) is 0 Å². The molecule has 2 heterocycles. The molecule has 3 nitrogen and oxygen atoms in total. The predicted octanol–water partition coefficient (Wildman–Crippen LogP) is 0.701. The van der Waals surface area contributed by atoms with Gasteiger partial charge in [-0.2, -0.15) is 4.73 Å². The number of hydrogen-bond acceptors (Lipinski definition) is 2. The monoisotopic (exact) mass is 164 g/mol. The molecular weight excluding hydrogens is 152 g/mol. The first-order valence-corrected chi connectivity index (χ1v) is 4.14. The lowest BCUT2D eigenvalue weighted by Gasteiger charge is -2.16. The Labute approximate surface area is 71.8 Å². The van der Waals surface area contributed by atoms with Gasteiger partial charge >= 0.3 is 0 Å². The van der Waals surface area contributed by atoms with E-state index in [2.05, 4.69) is 11.8 Å². The van der Waals surface area contributed by atoms with E-state index in [0.717, 1.165) is 22.5 Å². The zero-order valence-electron chi connectivity index (χ0n) is 7.32. The third kappa shape index (κ3) is 0.858. The summed E-state index contributed by atoms with van der Waals surface area (Å²) in [5.41, 5.74) is 1.97. The molecule has 0 N–H and O–H groups in total. The lowest BCUT2D eigenvalue weighted by Crippen LogP contribution is -2.30. The minimum Gasteiger partial charge on any atom is -0.618 e. The van der Waals surface area contributed by atoms with Crippen molar-refractivity contribution in [3.63, 3.8) is 0 Å². The van der Waals surface area contributed by atoms with Crippen molar-refractivity contribution in [3.8, 4) is 0 Å². The first-order chi connectivity index (χ1) is 5.70. The van der Waals surface area contributed by atoms with Crippen molar-refractivity contribution in [3.05, 3.63) is 29.2 Å². The highest BCUT2D eigenvalue weighted by Gasteiger charge is 2.28.